The zero-order valence-corrected chi connectivity index (χ0v) is 16.9. The zero-order valence-electron chi connectivity index (χ0n) is 15.4. The van der Waals surface area contributed by atoms with Crippen molar-refractivity contribution in [2.45, 2.75) is 13.1 Å². The predicted octanol–water partition coefficient (Wildman–Crippen LogP) is 3.00. The van der Waals surface area contributed by atoms with E-state index in [9.17, 15) is 4.79 Å². The van der Waals surface area contributed by atoms with Crippen molar-refractivity contribution in [1.29, 1.82) is 0 Å². The number of likely N-dealkylation sites (N-methyl/N-ethyl adjacent to an activating group) is 1. The first-order valence-electron chi connectivity index (χ1n) is 8.76. The minimum atomic E-state index is -0.0180. The van der Waals surface area contributed by atoms with E-state index in [1.54, 1.807) is 6.20 Å². The highest BCUT2D eigenvalue weighted by Crippen LogP contribution is 2.32. The summed E-state index contributed by atoms with van der Waals surface area (Å²) in [7, 11) is 3.73. The van der Waals surface area contributed by atoms with Crippen LogP contribution in [-0.4, -0.2) is 49.5 Å². The molecule has 2 N–H and O–H groups in total. The van der Waals surface area contributed by atoms with E-state index in [0.29, 0.717) is 29.7 Å². The first kappa shape index (κ1) is 19.7. The molecule has 0 saturated heterocycles. The lowest BCUT2D eigenvalue weighted by Crippen LogP contribution is -2.35. The SMILES string of the molecule is CN(C)CC(=O)NCc1cnc2c(c1)N(Cc1c(Cl)cccc1Cl)CCN2. The number of nitrogens with one attached hydrogen (secondary N) is 2. The van der Waals surface area contributed by atoms with Crippen LogP contribution in [0.4, 0.5) is 11.5 Å². The lowest BCUT2D eigenvalue weighted by atomic mass is 10.1. The maximum absolute atomic E-state index is 11.9. The van der Waals surface area contributed by atoms with Crippen molar-refractivity contribution in [3.8, 4) is 0 Å². The minimum Gasteiger partial charge on any atom is -0.367 e. The molecule has 0 spiro atoms. The summed E-state index contributed by atoms with van der Waals surface area (Å²) in [4.78, 5) is 20.4. The summed E-state index contributed by atoms with van der Waals surface area (Å²) in [6.07, 6.45) is 1.79. The number of aromatic nitrogens is 1. The highest BCUT2D eigenvalue weighted by Gasteiger charge is 2.20. The van der Waals surface area contributed by atoms with Crippen LogP contribution in [-0.2, 0) is 17.9 Å². The number of halogens is 2. The van der Waals surface area contributed by atoms with Gasteiger partial charge in [-0.3, -0.25) is 4.79 Å². The van der Waals surface area contributed by atoms with E-state index >= 15 is 0 Å². The smallest absolute Gasteiger partial charge is 0.234 e. The maximum atomic E-state index is 11.9. The van der Waals surface area contributed by atoms with E-state index in [4.69, 9.17) is 23.2 Å². The number of pyridine rings is 1. The largest absolute Gasteiger partial charge is 0.367 e. The van der Waals surface area contributed by atoms with Crippen LogP contribution in [0.2, 0.25) is 10.0 Å². The molecular weight excluding hydrogens is 385 g/mol. The van der Waals surface area contributed by atoms with Crippen molar-refractivity contribution < 1.29 is 4.79 Å². The van der Waals surface area contributed by atoms with Crippen LogP contribution in [0.5, 0.6) is 0 Å². The molecule has 1 amide bonds. The Morgan fingerprint density at radius 1 is 1.33 bits per heavy atom. The van der Waals surface area contributed by atoms with Crippen molar-refractivity contribution in [3.63, 3.8) is 0 Å². The van der Waals surface area contributed by atoms with Gasteiger partial charge in [0.25, 0.3) is 0 Å². The monoisotopic (exact) mass is 407 g/mol. The molecule has 0 bridgehead atoms. The summed E-state index contributed by atoms with van der Waals surface area (Å²) in [6, 6.07) is 7.59. The van der Waals surface area contributed by atoms with Gasteiger partial charge in [0.1, 0.15) is 5.82 Å². The molecule has 3 rings (SSSR count). The van der Waals surface area contributed by atoms with Crippen molar-refractivity contribution in [1.82, 2.24) is 15.2 Å². The third-order valence-corrected chi connectivity index (χ3v) is 5.01. The molecule has 6 nitrogen and oxygen atoms in total. The van der Waals surface area contributed by atoms with Crippen molar-refractivity contribution >= 4 is 40.6 Å². The molecule has 27 heavy (non-hydrogen) atoms. The molecule has 1 aliphatic heterocycles. The van der Waals surface area contributed by atoms with Crippen LogP contribution in [0, 0.1) is 0 Å². The van der Waals surface area contributed by atoms with Gasteiger partial charge in [0.05, 0.1) is 12.2 Å². The van der Waals surface area contributed by atoms with Crippen LogP contribution in [0.15, 0.2) is 30.5 Å². The Bertz CT molecular complexity index is 807. The standard InChI is InChI=1S/C19H23Cl2N5O/c1-25(2)12-18(27)23-9-13-8-17-19(24-10-13)22-6-7-26(17)11-14-15(20)4-3-5-16(14)21/h3-5,8,10H,6-7,9,11-12H2,1-2H3,(H,22,24)(H,23,27). The number of hydrogen-bond acceptors (Lipinski definition) is 5. The van der Waals surface area contributed by atoms with Crippen LogP contribution in [0.1, 0.15) is 11.1 Å². The topological polar surface area (TPSA) is 60.5 Å². The number of nitrogens with zero attached hydrogens (tertiary/aromatic N) is 3. The van der Waals surface area contributed by atoms with Gasteiger partial charge in [-0.25, -0.2) is 4.98 Å². The van der Waals surface area contributed by atoms with E-state index in [1.165, 1.54) is 0 Å². The van der Waals surface area contributed by atoms with E-state index in [-0.39, 0.29) is 5.91 Å². The Morgan fingerprint density at radius 3 is 2.78 bits per heavy atom. The third kappa shape index (κ3) is 5.03. The Labute approximate surface area is 169 Å². The second-order valence-electron chi connectivity index (χ2n) is 6.77. The molecule has 2 aromatic rings. The molecule has 0 radical (unpaired) electrons. The summed E-state index contributed by atoms with van der Waals surface area (Å²) < 4.78 is 0. The highest BCUT2D eigenvalue weighted by atomic mass is 35.5. The molecule has 0 aliphatic carbocycles. The first-order valence-corrected chi connectivity index (χ1v) is 9.51. The third-order valence-electron chi connectivity index (χ3n) is 4.30. The van der Waals surface area contributed by atoms with Crippen LogP contribution >= 0.6 is 23.2 Å². The summed E-state index contributed by atoms with van der Waals surface area (Å²) in [6.45, 7) is 3.00. The zero-order chi connectivity index (χ0) is 19.4. The molecule has 0 saturated carbocycles. The van der Waals surface area contributed by atoms with Crippen LogP contribution < -0.4 is 15.5 Å². The average molecular weight is 408 g/mol. The fourth-order valence-corrected chi connectivity index (χ4v) is 3.50. The number of rotatable bonds is 6. The van der Waals surface area contributed by atoms with Crippen molar-refractivity contribution in [2.24, 2.45) is 0 Å². The van der Waals surface area contributed by atoms with E-state index in [0.717, 1.165) is 35.7 Å². The van der Waals surface area contributed by atoms with Gasteiger partial charge in [-0.15, -0.1) is 0 Å². The fraction of sp³-hybridized carbons (Fsp3) is 0.368. The number of hydrogen-bond donors (Lipinski definition) is 2. The Hall–Kier alpha value is -2.02. The molecule has 0 unspecified atom stereocenters. The van der Waals surface area contributed by atoms with Gasteiger partial charge >= 0.3 is 0 Å². The number of amides is 1. The van der Waals surface area contributed by atoms with E-state index in [2.05, 4.69) is 26.6 Å². The number of anilines is 2. The first-order chi connectivity index (χ1) is 12.9. The average Bonchev–Trinajstić information content (AvgIpc) is 2.62. The number of carbonyl (C=O) groups excluding carboxylic acids is 1. The second-order valence-corrected chi connectivity index (χ2v) is 7.59. The second kappa shape index (κ2) is 8.78. The van der Waals surface area contributed by atoms with Crippen molar-refractivity contribution in [3.05, 3.63) is 51.6 Å². The number of carbonyl (C=O) groups is 1. The Kier molecular flexibility index (Phi) is 6.42. The van der Waals surface area contributed by atoms with Gasteiger partial charge < -0.3 is 20.4 Å². The van der Waals surface area contributed by atoms with Crippen LogP contribution in [0.25, 0.3) is 0 Å². The molecular formula is C19H23Cl2N5O. The predicted molar refractivity (Wildman–Crippen MR) is 111 cm³/mol. The minimum absolute atomic E-state index is 0.0180. The Balaban J connectivity index is 1.76. The molecule has 2 heterocycles. The van der Waals surface area contributed by atoms with Gasteiger partial charge in [-0.05, 0) is 37.9 Å². The lowest BCUT2D eigenvalue weighted by Gasteiger charge is -2.32. The quantitative estimate of drug-likeness (QED) is 0.770. The molecule has 1 aromatic heterocycles. The molecule has 1 aliphatic rings. The molecule has 144 valence electrons. The molecule has 0 fully saturated rings. The summed E-state index contributed by atoms with van der Waals surface area (Å²) in [5.74, 6) is 0.809. The van der Waals surface area contributed by atoms with Gasteiger partial charge in [0.15, 0.2) is 0 Å². The van der Waals surface area contributed by atoms with Gasteiger partial charge in [-0.1, -0.05) is 29.3 Å². The van der Waals surface area contributed by atoms with E-state index in [1.807, 2.05) is 37.2 Å². The van der Waals surface area contributed by atoms with E-state index < -0.39 is 0 Å². The number of benzene rings is 1. The summed E-state index contributed by atoms with van der Waals surface area (Å²) in [5.41, 5.74) is 2.83. The number of fused-ring (bicyclic) bond motifs is 1. The summed E-state index contributed by atoms with van der Waals surface area (Å²) in [5, 5.41) is 7.54. The Morgan fingerprint density at radius 2 is 2.07 bits per heavy atom. The summed E-state index contributed by atoms with van der Waals surface area (Å²) >= 11 is 12.7. The fourth-order valence-electron chi connectivity index (χ4n) is 2.98. The molecule has 8 heteroatoms. The lowest BCUT2D eigenvalue weighted by molar-refractivity contribution is -0.121. The molecule has 0 atom stereocenters. The maximum Gasteiger partial charge on any atom is 0.234 e. The van der Waals surface area contributed by atoms with Gasteiger partial charge in [-0.2, -0.15) is 0 Å². The van der Waals surface area contributed by atoms with Crippen molar-refractivity contribution in [2.75, 3.05) is 43.9 Å². The van der Waals surface area contributed by atoms with Gasteiger partial charge in [0.2, 0.25) is 5.91 Å². The normalized spacial score (nSPS) is 13.3. The van der Waals surface area contributed by atoms with Crippen LogP contribution in [0.3, 0.4) is 0 Å². The van der Waals surface area contributed by atoms with Gasteiger partial charge in [0, 0.05) is 48.0 Å². The highest BCUT2D eigenvalue weighted by molar-refractivity contribution is 6.36. The molecule has 1 aromatic carbocycles.